The number of benzene rings is 1. The molecule has 9 atom stereocenters. The highest BCUT2D eigenvalue weighted by Crippen LogP contribution is 2.39. The van der Waals surface area contributed by atoms with E-state index in [-0.39, 0.29) is 49.6 Å². The second-order valence-electron chi connectivity index (χ2n) is 18.3. The summed E-state index contributed by atoms with van der Waals surface area (Å²) in [7, 11) is 2.28. The number of nitrogens with zero attached hydrogens (tertiary/aromatic N) is 1. The van der Waals surface area contributed by atoms with E-state index in [1.54, 1.807) is 39.8 Å². The van der Waals surface area contributed by atoms with Crippen LogP contribution in [0.25, 0.3) is 0 Å². The maximum atomic E-state index is 14.6. The summed E-state index contributed by atoms with van der Waals surface area (Å²) in [5.41, 5.74) is 11.3. The number of aliphatic hydroxyl groups is 1. The maximum absolute atomic E-state index is 14.6. The van der Waals surface area contributed by atoms with Crippen molar-refractivity contribution < 1.29 is 58.2 Å². The molecule has 0 aromatic heterocycles. The number of amides is 10. The predicted molar refractivity (Wildman–Crippen MR) is 253 cm³/mol. The van der Waals surface area contributed by atoms with Gasteiger partial charge in [-0.1, -0.05) is 67.8 Å². The van der Waals surface area contributed by atoms with Gasteiger partial charge in [0, 0.05) is 29.9 Å². The zero-order chi connectivity index (χ0) is 51.0. The second-order valence-corrected chi connectivity index (χ2v) is 21.3. The zero-order valence-electron chi connectivity index (χ0n) is 39.5. The molecule has 2 aliphatic rings. The molecule has 3 rings (SSSR count). The minimum absolute atomic E-state index is 0.0222. The van der Waals surface area contributed by atoms with E-state index in [2.05, 4.69) is 37.2 Å². The van der Waals surface area contributed by atoms with Crippen molar-refractivity contribution in [2.75, 3.05) is 18.8 Å². The summed E-state index contributed by atoms with van der Waals surface area (Å²) in [4.78, 5) is 136. The largest absolute Gasteiger partial charge is 0.508 e. The molecular weight excluding hydrogens is 925 g/mol. The number of aromatic hydroxyl groups is 1. The molecular formula is C44H68N10O12S2. The molecule has 0 bridgehead atoms. The van der Waals surface area contributed by atoms with E-state index in [0.29, 0.717) is 18.4 Å². The third kappa shape index (κ3) is 17.8. The van der Waals surface area contributed by atoms with Gasteiger partial charge in [0.25, 0.3) is 0 Å². The van der Waals surface area contributed by atoms with Crippen LogP contribution in [-0.4, -0.2) is 146 Å². The Hall–Kier alpha value is -5.62. The Morgan fingerprint density at radius 1 is 0.853 bits per heavy atom. The molecule has 1 aromatic carbocycles. The van der Waals surface area contributed by atoms with E-state index < -0.39 is 131 Å². The van der Waals surface area contributed by atoms with Gasteiger partial charge in [-0.2, -0.15) is 0 Å². The summed E-state index contributed by atoms with van der Waals surface area (Å²) in [5, 5.41) is 38.6. The molecule has 1 aromatic rings. The molecule has 2 saturated heterocycles. The van der Waals surface area contributed by atoms with Crippen LogP contribution in [0.1, 0.15) is 92.6 Å². The van der Waals surface area contributed by atoms with Gasteiger partial charge in [-0.15, -0.1) is 0 Å². The number of rotatable bonds is 15. The second kappa shape index (κ2) is 26.2. The normalized spacial score (nSPS) is 24.7. The molecule has 0 radical (unpaired) electrons. The summed E-state index contributed by atoms with van der Waals surface area (Å²) in [5.74, 6) is -9.02. The first-order valence-corrected chi connectivity index (χ1v) is 24.9. The summed E-state index contributed by atoms with van der Waals surface area (Å²) >= 11 is 0. The van der Waals surface area contributed by atoms with Crippen molar-refractivity contribution in [2.45, 2.75) is 147 Å². The number of carbonyl (C=O) groups excluding carboxylic acids is 10. The molecule has 13 N–H and O–H groups in total. The van der Waals surface area contributed by atoms with Gasteiger partial charge in [-0.05, 0) is 69.6 Å². The number of phenols is 1. The van der Waals surface area contributed by atoms with Gasteiger partial charge in [0.05, 0.1) is 19.1 Å². The average molecular weight is 993 g/mol. The number of nitrogens with two attached hydrogens (primary N) is 2. The fourth-order valence-corrected chi connectivity index (χ4v) is 10.2. The Labute approximate surface area is 403 Å². The minimum Gasteiger partial charge on any atom is -0.508 e. The number of nitrogens with one attached hydrogen (secondary N) is 7. The molecule has 0 saturated carbocycles. The summed E-state index contributed by atoms with van der Waals surface area (Å²) < 4.78 is -0.888. The molecule has 22 nitrogen and oxygen atoms in total. The van der Waals surface area contributed by atoms with Gasteiger partial charge < -0.3 is 63.8 Å². The van der Waals surface area contributed by atoms with Crippen molar-refractivity contribution in [3.8, 4) is 5.75 Å². The Morgan fingerprint density at radius 2 is 1.47 bits per heavy atom. The third-order valence-corrected chi connectivity index (χ3v) is 14.6. The average Bonchev–Trinajstić information content (AvgIpc) is 3.75. The van der Waals surface area contributed by atoms with E-state index in [0.717, 1.165) is 10.8 Å². The SMILES string of the molecule is CC[C@H](C)[C@@H]1NC(=O)[C@H](Cc2ccc(O)cc2)NC(=O)CC(C)(C)SSC[C@@H](C(=O)N2CCC[C@H]2C(=O)N[C@@H](CC(C)C)C(=O)NCC(N)=O)NC(=O)[C@H](CC(N)=O)NC(=O)[C@H]([C@@H](C)O)NC1=O. The summed E-state index contributed by atoms with van der Waals surface area (Å²) in [6.07, 6.45) is -1.47. The van der Waals surface area contributed by atoms with Crippen molar-refractivity contribution in [3.05, 3.63) is 29.8 Å². The van der Waals surface area contributed by atoms with Gasteiger partial charge in [0.2, 0.25) is 59.1 Å². The van der Waals surface area contributed by atoms with Crippen LogP contribution in [0.4, 0.5) is 0 Å². The molecule has 10 amide bonds. The topological polar surface area (TPSA) is 351 Å². The number of phenolic OH excluding ortho intramolecular Hbond substituents is 1. The van der Waals surface area contributed by atoms with Crippen LogP contribution in [0.15, 0.2) is 24.3 Å². The van der Waals surface area contributed by atoms with Crippen molar-refractivity contribution >= 4 is 80.7 Å². The molecule has 0 aliphatic carbocycles. The molecule has 68 heavy (non-hydrogen) atoms. The molecule has 2 heterocycles. The number of aliphatic hydroxyl groups excluding tert-OH is 1. The quantitative estimate of drug-likeness (QED) is 0.0878. The Morgan fingerprint density at radius 3 is 2.06 bits per heavy atom. The van der Waals surface area contributed by atoms with Crippen molar-refractivity contribution in [3.63, 3.8) is 0 Å². The monoisotopic (exact) mass is 992 g/mol. The zero-order valence-corrected chi connectivity index (χ0v) is 41.2. The van der Waals surface area contributed by atoms with Crippen LogP contribution in [0, 0.1) is 11.8 Å². The fourth-order valence-electron chi connectivity index (χ4n) is 7.49. The lowest BCUT2D eigenvalue weighted by atomic mass is 9.96. The first kappa shape index (κ1) is 56.7. The summed E-state index contributed by atoms with van der Waals surface area (Å²) in [6, 6.07) is -3.65. The van der Waals surface area contributed by atoms with Gasteiger partial charge >= 0.3 is 0 Å². The van der Waals surface area contributed by atoms with Crippen molar-refractivity contribution in [2.24, 2.45) is 23.3 Å². The number of hydrogen-bond donors (Lipinski definition) is 11. The molecule has 0 spiro atoms. The lowest BCUT2D eigenvalue weighted by Gasteiger charge is -2.32. The molecule has 378 valence electrons. The van der Waals surface area contributed by atoms with Gasteiger partial charge in [0.1, 0.15) is 48.0 Å². The first-order chi connectivity index (χ1) is 31.8. The molecule has 2 aliphatic heterocycles. The lowest BCUT2D eigenvalue weighted by molar-refractivity contribution is -0.142. The Bertz CT molecular complexity index is 2010. The number of hydrogen-bond acceptors (Lipinski definition) is 14. The van der Waals surface area contributed by atoms with Crippen LogP contribution in [0.3, 0.4) is 0 Å². The minimum atomic E-state index is -1.75. The number of primary amides is 2. The highest BCUT2D eigenvalue weighted by molar-refractivity contribution is 8.77. The smallest absolute Gasteiger partial charge is 0.246 e. The Balaban J connectivity index is 2.06. The fraction of sp³-hybridized carbons (Fsp3) is 0.636. The van der Waals surface area contributed by atoms with E-state index >= 15 is 0 Å². The van der Waals surface area contributed by atoms with E-state index in [1.807, 2.05) is 13.8 Å². The van der Waals surface area contributed by atoms with Crippen LogP contribution in [-0.2, 0) is 54.4 Å². The van der Waals surface area contributed by atoms with Gasteiger partial charge in [-0.25, -0.2) is 0 Å². The van der Waals surface area contributed by atoms with Crippen LogP contribution in [0.2, 0.25) is 0 Å². The van der Waals surface area contributed by atoms with E-state index in [1.165, 1.54) is 34.8 Å². The van der Waals surface area contributed by atoms with Gasteiger partial charge in [-0.3, -0.25) is 47.9 Å². The lowest BCUT2D eigenvalue weighted by Crippen LogP contribution is -2.63. The highest BCUT2D eigenvalue weighted by atomic mass is 33.1. The van der Waals surface area contributed by atoms with Crippen molar-refractivity contribution in [1.29, 1.82) is 0 Å². The van der Waals surface area contributed by atoms with Crippen LogP contribution in [0.5, 0.6) is 5.75 Å². The molecule has 2 fully saturated rings. The standard InChI is InChI=1S/C44H68N10O12S2/c1-8-23(4)35-41(64)53-36(24(5)55)42(65)50-29(18-32(45)57)38(61)51-30(43(66)54-15-9-10-31(54)40(63)49-27(16-22(2)3)37(60)47-20-33(46)58)21-67-68-44(6,7)19-34(59)48-28(39(62)52-35)17-25-11-13-26(56)14-12-25/h11-14,22-24,27-31,35-36,55-56H,8-10,15-21H2,1-7H3,(H2,45,57)(H2,46,58)(H,47,60)(H,48,59)(H,49,63)(H,50,65)(H,51,61)(H,52,62)(H,53,64)/t23-,24+,27-,28-,29-,30-,31-,35-,36-/m0/s1. The predicted octanol–water partition coefficient (Wildman–Crippen LogP) is -1.65. The van der Waals surface area contributed by atoms with E-state index in [4.69, 9.17) is 11.5 Å². The van der Waals surface area contributed by atoms with E-state index in [9.17, 15) is 58.2 Å². The van der Waals surface area contributed by atoms with Crippen molar-refractivity contribution in [1.82, 2.24) is 42.1 Å². The third-order valence-electron chi connectivity index (χ3n) is 11.3. The maximum Gasteiger partial charge on any atom is 0.246 e. The molecule has 0 unspecified atom stereocenters. The summed E-state index contributed by atoms with van der Waals surface area (Å²) in [6.45, 7) is 11.4. The Kier molecular flexibility index (Phi) is 21.9. The number of likely N-dealkylation sites (tertiary alicyclic amines) is 1. The van der Waals surface area contributed by atoms with Gasteiger partial charge in [0.15, 0.2) is 0 Å². The first-order valence-electron chi connectivity index (χ1n) is 22.5. The highest BCUT2D eigenvalue weighted by Gasteiger charge is 2.41. The molecule has 24 heteroatoms. The number of carbonyl (C=O) groups is 10. The van der Waals surface area contributed by atoms with Crippen LogP contribution >= 0.6 is 21.6 Å². The van der Waals surface area contributed by atoms with Crippen LogP contribution < -0.4 is 48.7 Å².